The lowest BCUT2D eigenvalue weighted by atomic mass is 10.0. The Morgan fingerprint density at radius 1 is 1.19 bits per heavy atom. The summed E-state index contributed by atoms with van der Waals surface area (Å²) in [5.41, 5.74) is 0.128. The van der Waals surface area contributed by atoms with Gasteiger partial charge in [-0.2, -0.15) is 0 Å². The van der Waals surface area contributed by atoms with Gasteiger partial charge in [-0.05, 0) is 58.0 Å². The zero-order chi connectivity index (χ0) is 19.8. The number of hydrogen-bond donors (Lipinski definition) is 1. The first-order valence-corrected chi connectivity index (χ1v) is 10.0. The molecule has 0 fully saturated rings. The third kappa shape index (κ3) is 5.22. The minimum Gasteiger partial charge on any atom is -0.503 e. The van der Waals surface area contributed by atoms with Gasteiger partial charge in [-0.1, -0.05) is 26.7 Å². The molecule has 1 aliphatic heterocycles. The van der Waals surface area contributed by atoms with Crippen LogP contribution in [0, 0.1) is 0 Å². The third-order valence-electron chi connectivity index (χ3n) is 5.02. The van der Waals surface area contributed by atoms with E-state index < -0.39 is 17.7 Å². The van der Waals surface area contributed by atoms with Gasteiger partial charge in [0.2, 0.25) is 0 Å². The molecule has 6 heteroatoms. The molecule has 1 aromatic heterocycles. The maximum atomic E-state index is 12.6. The topological polar surface area (TPSA) is 74.0 Å². The van der Waals surface area contributed by atoms with Crippen molar-refractivity contribution >= 4 is 11.7 Å². The van der Waals surface area contributed by atoms with E-state index in [1.165, 1.54) is 13.2 Å². The molecule has 0 spiro atoms. The van der Waals surface area contributed by atoms with Crippen LogP contribution >= 0.6 is 0 Å². The lowest BCUT2D eigenvalue weighted by molar-refractivity contribution is -0.129. The predicted octanol–water partition coefficient (Wildman–Crippen LogP) is 3.86. The molecule has 0 radical (unpaired) electrons. The number of carbonyl (C=O) groups is 2. The molecule has 1 aromatic rings. The fraction of sp³-hybridized carbons (Fsp3) is 0.619. The van der Waals surface area contributed by atoms with Gasteiger partial charge >= 0.3 is 0 Å². The van der Waals surface area contributed by atoms with Crippen LogP contribution in [-0.4, -0.2) is 52.8 Å². The van der Waals surface area contributed by atoms with Crippen LogP contribution in [-0.2, 0) is 9.59 Å². The zero-order valence-corrected chi connectivity index (χ0v) is 16.7. The Bertz CT molecular complexity index is 643. The van der Waals surface area contributed by atoms with Crippen molar-refractivity contribution in [1.82, 2.24) is 9.80 Å². The molecule has 1 atom stereocenters. The summed E-state index contributed by atoms with van der Waals surface area (Å²) in [4.78, 5) is 28.6. The SMILES string of the molecule is CCCCN(CCCC)CCCN1C(=O)C(O)=C(C(C)=O)[C@@H]1c1ccco1. The van der Waals surface area contributed by atoms with E-state index in [2.05, 4.69) is 18.7 Å². The van der Waals surface area contributed by atoms with Crippen LogP contribution in [0.5, 0.6) is 0 Å². The minimum absolute atomic E-state index is 0.128. The quantitative estimate of drug-likeness (QED) is 0.600. The van der Waals surface area contributed by atoms with E-state index in [-0.39, 0.29) is 11.4 Å². The normalized spacial score (nSPS) is 17.4. The molecule has 150 valence electrons. The molecule has 0 aliphatic carbocycles. The van der Waals surface area contributed by atoms with Crippen molar-refractivity contribution in [2.75, 3.05) is 26.2 Å². The average molecular weight is 376 g/mol. The van der Waals surface area contributed by atoms with Crippen molar-refractivity contribution in [1.29, 1.82) is 0 Å². The Balaban J connectivity index is 2.05. The van der Waals surface area contributed by atoms with E-state index in [1.807, 2.05) is 0 Å². The molecule has 2 rings (SSSR count). The molecular weight excluding hydrogens is 344 g/mol. The van der Waals surface area contributed by atoms with Gasteiger partial charge in [0.25, 0.3) is 5.91 Å². The zero-order valence-electron chi connectivity index (χ0n) is 16.7. The second kappa shape index (κ2) is 10.3. The number of furan rings is 1. The van der Waals surface area contributed by atoms with Gasteiger partial charge in [-0.25, -0.2) is 0 Å². The van der Waals surface area contributed by atoms with Gasteiger partial charge in [-0.3, -0.25) is 9.59 Å². The summed E-state index contributed by atoms with van der Waals surface area (Å²) < 4.78 is 5.46. The second-order valence-corrected chi connectivity index (χ2v) is 7.14. The van der Waals surface area contributed by atoms with Gasteiger partial charge in [0.05, 0.1) is 11.8 Å². The highest BCUT2D eigenvalue weighted by atomic mass is 16.3. The molecule has 1 amide bonds. The number of carbonyl (C=O) groups excluding carboxylic acids is 2. The summed E-state index contributed by atoms with van der Waals surface area (Å²) in [6.45, 7) is 9.24. The number of nitrogens with zero attached hydrogens (tertiary/aromatic N) is 2. The third-order valence-corrected chi connectivity index (χ3v) is 5.02. The summed E-state index contributed by atoms with van der Waals surface area (Å²) in [6, 6.07) is 2.83. The van der Waals surface area contributed by atoms with Crippen LogP contribution in [0.4, 0.5) is 0 Å². The molecule has 1 N–H and O–H groups in total. The Morgan fingerprint density at radius 2 is 1.81 bits per heavy atom. The maximum Gasteiger partial charge on any atom is 0.290 e. The minimum atomic E-state index is -0.635. The molecule has 0 aromatic carbocycles. The van der Waals surface area contributed by atoms with Crippen LogP contribution in [0.1, 0.15) is 64.7 Å². The largest absolute Gasteiger partial charge is 0.503 e. The fourth-order valence-electron chi connectivity index (χ4n) is 3.55. The molecule has 1 aliphatic rings. The van der Waals surface area contributed by atoms with Crippen molar-refractivity contribution < 1.29 is 19.1 Å². The first kappa shape index (κ1) is 21.2. The molecule has 2 heterocycles. The van der Waals surface area contributed by atoms with Crippen LogP contribution in [0.2, 0.25) is 0 Å². The number of ketones is 1. The highest BCUT2D eigenvalue weighted by Gasteiger charge is 2.43. The number of rotatable bonds is 12. The lowest BCUT2D eigenvalue weighted by Gasteiger charge is -2.27. The number of unbranched alkanes of at least 4 members (excludes halogenated alkanes) is 2. The standard InChI is InChI=1S/C21H32N2O4/c1-4-6-11-22(12-7-5-2)13-9-14-23-19(17-10-8-15-27-17)18(16(3)24)20(25)21(23)26/h8,10,15,19,25H,4-7,9,11-14H2,1-3H3/t19-/m0/s1. The molecule has 0 bridgehead atoms. The van der Waals surface area contributed by atoms with Crippen molar-refractivity contribution in [3.8, 4) is 0 Å². The van der Waals surface area contributed by atoms with Crippen molar-refractivity contribution in [3.63, 3.8) is 0 Å². The van der Waals surface area contributed by atoms with Gasteiger partial charge < -0.3 is 19.3 Å². The Hall–Kier alpha value is -2.08. The van der Waals surface area contributed by atoms with Crippen molar-refractivity contribution in [2.24, 2.45) is 0 Å². The smallest absolute Gasteiger partial charge is 0.290 e. The van der Waals surface area contributed by atoms with Crippen molar-refractivity contribution in [3.05, 3.63) is 35.5 Å². The maximum absolute atomic E-state index is 12.6. The molecule has 0 saturated heterocycles. The summed E-state index contributed by atoms with van der Waals surface area (Å²) in [6.07, 6.45) is 6.95. The van der Waals surface area contributed by atoms with Crippen LogP contribution < -0.4 is 0 Å². The first-order valence-electron chi connectivity index (χ1n) is 10.0. The van der Waals surface area contributed by atoms with Crippen molar-refractivity contribution in [2.45, 2.75) is 58.9 Å². The van der Waals surface area contributed by atoms with Crippen LogP contribution in [0.3, 0.4) is 0 Å². The van der Waals surface area contributed by atoms with Gasteiger partial charge in [0.1, 0.15) is 11.8 Å². The van der Waals surface area contributed by atoms with E-state index in [0.717, 1.165) is 51.7 Å². The fourth-order valence-corrected chi connectivity index (χ4v) is 3.55. The van der Waals surface area contributed by atoms with Gasteiger partial charge in [-0.15, -0.1) is 0 Å². The summed E-state index contributed by atoms with van der Waals surface area (Å²) in [7, 11) is 0. The number of aliphatic hydroxyl groups is 1. The second-order valence-electron chi connectivity index (χ2n) is 7.14. The number of amides is 1. The Morgan fingerprint density at radius 3 is 2.33 bits per heavy atom. The predicted molar refractivity (Wildman–Crippen MR) is 104 cm³/mol. The van der Waals surface area contributed by atoms with Crippen LogP contribution in [0.15, 0.2) is 34.1 Å². The average Bonchev–Trinajstić information content (AvgIpc) is 3.25. The van der Waals surface area contributed by atoms with E-state index >= 15 is 0 Å². The van der Waals surface area contributed by atoms with Crippen LogP contribution in [0.25, 0.3) is 0 Å². The Kier molecular flexibility index (Phi) is 8.10. The van der Waals surface area contributed by atoms with E-state index in [4.69, 9.17) is 4.42 Å². The van der Waals surface area contributed by atoms with E-state index in [1.54, 1.807) is 17.0 Å². The molecular formula is C21H32N2O4. The lowest BCUT2D eigenvalue weighted by Crippen LogP contribution is -2.35. The number of Topliss-reactive ketones (excluding diaryl/α,β-unsaturated/α-hetero) is 1. The number of hydrogen-bond acceptors (Lipinski definition) is 5. The highest BCUT2D eigenvalue weighted by Crippen LogP contribution is 2.37. The summed E-state index contributed by atoms with van der Waals surface area (Å²) in [5.74, 6) is -0.739. The molecule has 6 nitrogen and oxygen atoms in total. The molecule has 0 saturated carbocycles. The Labute approximate surface area is 161 Å². The molecule has 0 unspecified atom stereocenters. The van der Waals surface area contributed by atoms with Gasteiger partial charge in [0, 0.05) is 6.54 Å². The summed E-state index contributed by atoms with van der Waals surface area (Å²) in [5, 5.41) is 10.2. The van der Waals surface area contributed by atoms with Gasteiger partial charge in [0.15, 0.2) is 11.5 Å². The monoisotopic (exact) mass is 376 g/mol. The number of aliphatic hydroxyl groups excluding tert-OH is 1. The summed E-state index contributed by atoms with van der Waals surface area (Å²) >= 11 is 0. The first-order chi connectivity index (χ1) is 13.0. The van der Waals surface area contributed by atoms with E-state index in [0.29, 0.717) is 12.3 Å². The van der Waals surface area contributed by atoms with E-state index in [9.17, 15) is 14.7 Å². The highest BCUT2D eigenvalue weighted by molar-refractivity contribution is 6.07. The molecule has 27 heavy (non-hydrogen) atoms.